The van der Waals surface area contributed by atoms with Crippen molar-refractivity contribution in [2.45, 2.75) is 38.6 Å². The van der Waals surface area contributed by atoms with Crippen molar-refractivity contribution < 1.29 is 17.9 Å². The molecule has 8 heteroatoms. The van der Waals surface area contributed by atoms with Crippen LogP contribution in [0.3, 0.4) is 0 Å². The molecule has 0 saturated carbocycles. The summed E-state index contributed by atoms with van der Waals surface area (Å²) < 4.78 is 42.8. The molecule has 0 aliphatic rings. The molecular weight excluding hydrogens is 267 g/mol. The monoisotopic (exact) mass is 283 g/mol. The van der Waals surface area contributed by atoms with Crippen LogP contribution in [0.5, 0.6) is 0 Å². The molecule has 104 valence electrons. The predicted octanol–water partition coefficient (Wildman–Crippen LogP) is 2.48. The average molecular weight is 283 g/mol. The molecule has 0 aromatic carbocycles. The van der Waals surface area contributed by atoms with E-state index in [4.69, 9.17) is 10.6 Å². The lowest BCUT2D eigenvalue weighted by Crippen LogP contribution is -2.37. The Balaban J connectivity index is 2.91. The number of rotatable bonds is 6. The van der Waals surface area contributed by atoms with Crippen LogP contribution in [0.25, 0.3) is 0 Å². The fourth-order valence-electron chi connectivity index (χ4n) is 1.60. The van der Waals surface area contributed by atoms with Crippen LogP contribution >= 0.6 is 11.3 Å². The van der Waals surface area contributed by atoms with Gasteiger partial charge in [-0.05, 0) is 13.3 Å². The van der Waals surface area contributed by atoms with Crippen molar-refractivity contribution in [1.82, 2.24) is 10.4 Å². The molecule has 1 aromatic rings. The third-order valence-electron chi connectivity index (χ3n) is 2.41. The van der Waals surface area contributed by atoms with Crippen LogP contribution in [0.2, 0.25) is 0 Å². The highest BCUT2D eigenvalue weighted by atomic mass is 32.1. The molecule has 0 saturated heterocycles. The van der Waals surface area contributed by atoms with E-state index in [1.54, 1.807) is 0 Å². The maximum absolute atomic E-state index is 12.5. The van der Waals surface area contributed by atoms with Gasteiger partial charge in [-0.2, -0.15) is 13.2 Å². The van der Waals surface area contributed by atoms with Gasteiger partial charge in [0.1, 0.15) is 0 Å². The minimum atomic E-state index is -4.42. The molecule has 0 aliphatic heterocycles. The molecule has 0 bridgehead atoms. The lowest BCUT2D eigenvalue weighted by atomic mass is 10.1. The van der Waals surface area contributed by atoms with Gasteiger partial charge in [-0.3, -0.25) is 5.84 Å². The van der Waals surface area contributed by atoms with Gasteiger partial charge in [-0.25, -0.2) is 10.4 Å². The van der Waals surface area contributed by atoms with Gasteiger partial charge in [-0.1, -0.05) is 6.92 Å². The van der Waals surface area contributed by atoms with Gasteiger partial charge in [0.15, 0.2) is 5.01 Å². The first-order valence-corrected chi connectivity index (χ1v) is 6.36. The maximum atomic E-state index is 12.5. The molecule has 18 heavy (non-hydrogen) atoms. The zero-order chi connectivity index (χ0) is 13.8. The van der Waals surface area contributed by atoms with Crippen molar-refractivity contribution in [3.05, 3.63) is 16.1 Å². The normalized spacial score (nSPS) is 15.7. The highest BCUT2D eigenvalue weighted by molar-refractivity contribution is 7.11. The first-order chi connectivity index (χ1) is 8.43. The van der Waals surface area contributed by atoms with Gasteiger partial charge in [0.25, 0.3) is 0 Å². The minimum Gasteiger partial charge on any atom is -0.376 e. The number of aromatic nitrogens is 1. The van der Waals surface area contributed by atoms with Crippen LogP contribution in [-0.2, 0) is 10.9 Å². The van der Waals surface area contributed by atoms with Crippen molar-refractivity contribution >= 4 is 11.3 Å². The Morgan fingerprint density at radius 2 is 2.17 bits per heavy atom. The summed E-state index contributed by atoms with van der Waals surface area (Å²) in [6.07, 6.45) is -2.86. The number of halogens is 3. The minimum absolute atomic E-state index is 0.276. The summed E-state index contributed by atoms with van der Waals surface area (Å²) >= 11 is 0.583. The molecule has 2 unspecified atom stereocenters. The molecule has 2 atom stereocenters. The molecule has 3 N–H and O–H groups in total. The first-order valence-electron chi connectivity index (χ1n) is 5.54. The van der Waals surface area contributed by atoms with Gasteiger partial charge in [0, 0.05) is 17.7 Å². The average Bonchev–Trinajstić information content (AvgIpc) is 2.78. The molecule has 0 aliphatic carbocycles. The number of hydrazine groups is 1. The zero-order valence-electron chi connectivity index (χ0n) is 10.1. The highest BCUT2D eigenvalue weighted by Crippen LogP contribution is 2.35. The lowest BCUT2D eigenvalue weighted by Gasteiger charge is -2.24. The van der Waals surface area contributed by atoms with E-state index in [9.17, 15) is 13.2 Å². The van der Waals surface area contributed by atoms with E-state index >= 15 is 0 Å². The summed E-state index contributed by atoms with van der Waals surface area (Å²) in [6.45, 7) is 4.18. The largest absolute Gasteiger partial charge is 0.443 e. The summed E-state index contributed by atoms with van der Waals surface area (Å²) in [6, 6.07) is -0.483. The second-order valence-electron chi connectivity index (χ2n) is 3.61. The summed E-state index contributed by atoms with van der Waals surface area (Å²) in [5.41, 5.74) is 2.50. The van der Waals surface area contributed by atoms with Crippen molar-refractivity contribution in [3.63, 3.8) is 0 Å². The van der Waals surface area contributed by atoms with Crippen molar-refractivity contribution in [3.8, 4) is 0 Å². The van der Waals surface area contributed by atoms with Crippen molar-refractivity contribution in [2.24, 2.45) is 5.84 Å². The van der Waals surface area contributed by atoms with E-state index < -0.39 is 17.2 Å². The van der Waals surface area contributed by atoms with Crippen molar-refractivity contribution in [1.29, 1.82) is 0 Å². The number of nitrogens with two attached hydrogens (primary N) is 1. The molecule has 1 aromatic heterocycles. The Hall–Kier alpha value is -0.700. The van der Waals surface area contributed by atoms with Crippen LogP contribution < -0.4 is 11.3 Å². The summed E-state index contributed by atoms with van der Waals surface area (Å²) in [5.74, 6) is 5.40. The third-order valence-corrected chi connectivity index (χ3v) is 3.53. The van der Waals surface area contributed by atoms with Crippen LogP contribution in [0.1, 0.15) is 36.2 Å². The van der Waals surface area contributed by atoms with Gasteiger partial charge in [-0.15, -0.1) is 11.3 Å². The third kappa shape index (κ3) is 3.64. The number of hydrogen-bond donors (Lipinski definition) is 2. The van der Waals surface area contributed by atoms with E-state index in [1.807, 2.05) is 13.8 Å². The van der Waals surface area contributed by atoms with E-state index in [0.29, 0.717) is 29.2 Å². The topological polar surface area (TPSA) is 60.2 Å². The number of nitrogens with zero attached hydrogens (tertiary/aromatic N) is 1. The van der Waals surface area contributed by atoms with Crippen LogP contribution in [0.15, 0.2) is 6.20 Å². The maximum Gasteiger partial charge on any atom is 0.443 e. The number of hydrogen-bond acceptors (Lipinski definition) is 5. The molecule has 4 nitrogen and oxygen atoms in total. The molecular formula is C10H16F3N3OS. The molecule has 0 radical (unpaired) electrons. The van der Waals surface area contributed by atoms with E-state index in [0.717, 1.165) is 0 Å². The quantitative estimate of drug-likeness (QED) is 0.622. The smallest absolute Gasteiger partial charge is 0.376 e. The van der Waals surface area contributed by atoms with Gasteiger partial charge in [0.05, 0.1) is 12.1 Å². The molecule has 1 rings (SSSR count). The summed E-state index contributed by atoms with van der Waals surface area (Å²) in [5, 5.41) is -0.871. The highest BCUT2D eigenvalue weighted by Gasteiger charge is 2.36. The molecule has 1 heterocycles. The van der Waals surface area contributed by atoms with E-state index in [2.05, 4.69) is 10.4 Å². The van der Waals surface area contributed by atoms with Gasteiger partial charge >= 0.3 is 6.18 Å². The zero-order valence-corrected chi connectivity index (χ0v) is 10.9. The summed E-state index contributed by atoms with van der Waals surface area (Å²) in [7, 11) is 0. The molecule has 0 amide bonds. The number of alkyl halides is 3. The number of nitrogens with one attached hydrogen (secondary N) is 1. The van der Waals surface area contributed by atoms with Crippen molar-refractivity contribution in [2.75, 3.05) is 6.61 Å². The standard InChI is InChI=1S/C10H16F3N3OS/c1-3-6(17-4-2)8(16-14)7-5-15-9(18-7)10(11,12)13/h5-6,8,16H,3-4,14H2,1-2H3. The van der Waals surface area contributed by atoms with E-state index in [1.165, 1.54) is 6.20 Å². The Labute approximate surface area is 107 Å². The second-order valence-corrected chi connectivity index (χ2v) is 4.67. The molecule has 0 fully saturated rings. The first kappa shape index (κ1) is 15.4. The Kier molecular flexibility index (Phi) is 5.51. The fourth-order valence-corrected chi connectivity index (χ4v) is 2.49. The molecule has 0 spiro atoms. The predicted molar refractivity (Wildman–Crippen MR) is 62.9 cm³/mol. The number of ether oxygens (including phenoxy) is 1. The fraction of sp³-hybridized carbons (Fsp3) is 0.700. The lowest BCUT2D eigenvalue weighted by molar-refractivity contribution is -0.137. The Morgan fingerprint density at radius 1 is 1.50 bits per heavy atom. The van der Waals surface area contributed by atoms with Crippen LogP contribution in [0, 0.1) is 0 Å². The van der Waals surface area contributed by atoms with Gasteiger partial charge < -0.3 is 4.74 Å². The van der Waals surface area contributed by atoms with Crippen LogP contribution in [0.4, 0.5) is 13.2 Å². The Morgan fingerprint density at radius 3 is 2.56 bits per heavy atom. The summed E-state index contributed by atoms with van der Waals surface area (Å²) in [4.78, 5) is 3.80. The number of thiazole rings is 1. The van der Waals surface area contributed by atoms with E-state index in [-0.39, 0.29) is 6.10 Å². The van der Waals surface area contributed by atoms with Gasteiger partial charge in [0.2, 0.25) is 0 Å². The van der Waals surface area contributed by atoms with Crippen LogP contribution in [-0.4, -0.2) is 17.7 Å². The second kappa shape index (κ2) is 6.46. The SMILES string of the molecule is CCOC(CC)C(NN)c1cnc(C(F)(F)F)s1. The Bertz CT molecular complexity index is 369.